The maximum atomic E-state index is 12.5. The molecule has 0 aromatic heterocycles. The van der Waals surface area contributed by atoms with Crippen LogP contribution in [0.4, 0.5) is 4.79 Å². The lowest BCUT2D eigenvalue weighted by Crippen LogP contribution is -2.59. The summed E-state index contributed by atoms with van der Waals surface area (Å²) in [5.74, 6) is 0. The van der Waals surface area contributed by atoms with Crippen LogP contribution in [-0.2, 0) is 28.1 Å². The molecule has 0 aromatic rings. The molecule has 0 aliphatic carbocycles. The largest absolute Gasteiger partial charge is 0.450 e. The number of carbonyl (C=O) groups excluding carboxylic acids is 1. The van der Waals surface area contributed by atoms with Gasteiger partial charge >= 0.3 is 6.09 Å². The molecule has 1 aliphatic heterocycles. The van der Waals surface area contributed by atoms with Gasteiger partial charge in [-0.3, -0.25) is 5.32 Å². The van der Waals surface area contributed by atoms with Gasteiger partial charge in [-0.05, 0) is 25.7 Å². The molecule has 1 fully saturated rings. The van der Waals surface area contributed by atoms with Crippen LogP contribution in [0.25, 0.3) is 0 Å². The van der Waals surface area contributed by atoms with Gasteiger partial charge in [0.15, 0.2) is 14.5 Å². The standard InChI is InChI=1S/C23H49NO7Si2/c1-23(2)19(14-17(27-4)16-26-3)30-18(15-20(23)31-33(9,10)11)21(28-5)24-22(25)29-12-13-32(6,7)8/h17-21H,12-16H2,1-11H3,(H,24,25)/t17-,18-,19+,20+,21-/m0/s1. The number of alkyl carbamates (subject to hydrolysis) is 1. The molecule has 1 amide bonds. The van der Waals surface area contributed by atoms with E-state index in [4.69, 9.17) is 28.1 Å². The van der Waals surface area contributed by atoms with E-state index in [9.17, 15) is 4.79 Å². The first-order valence-corrected chi connectivity index (χ1v) is 19.1. The molecule has 1 heterocycles. The van der Waals surface area contributed by atoms with E-state index in [0.29, 0.717) is 26.1 Å². The summed E-state index contributed by atoms with van der Waals surface area (Å²) in [5.41, 5.74) is -0.253. The molecule has 0 unspecified atom stereocenters. The zero-order chi connectivity index (χ0) is 25.4. The maximum absolute atomic E-state index is 12.5. The van der Waals surface area contributed by atoms with E-state index in [1.807, 2.05) is 0 Å². The number of ether oxygens (including phenoxy) is 5. The lowest BCUT2D eigenvalue weighted by atomic mass is 9.74. The van der Waals surface area contributed by atoms with Crippen molar-refractivity contribution in [2.45, 2.75) is 103 Å². The highest BCUT2D eigenvalue weighted by molar-refractivity contribution is 6.76. The van der Waals surface area contributed by atoms with Gasteiger partial charge in [0.1, 0.15) is 6.10 Å². The third-order valence-electron chi connectivity index (χ3n) is 6.04. The van der Waals surface area contributed by atoms with Gasteiger partial charge in [0, 0.05) is 47.7 Å². The Kier molecular flexibility index (Phi) is 12.0. The van der Waals surface area contributed by atoms with Gasteiger partial charge in [0.2, 0.25) is 0 Å². The SMILES string of the molecule is COC[C@H](C[C@H]1O[C@H]([C@@H](NC(=O)OCC[Si](C)(C)C)OC)C[C@@H](O[Si](C)(C)C)C1(C)C)OC. The zero-order valence-electron chi connectivity index (χ0n) is 22.8. The van der Waals surface area contributed by atoms with Crippen molar-refractivity contribution >= 4 is 22.5 Å². The summed E-state index contributed by atoms with van der Waals surface area (Å²) in [4.78, 5) is 12.5. The summed E-state index contributed by atoms with van der Waals surface area (Å²) in [6.45, 7) is 18.6. The fraction of sp³-hybridized carbons (Fsp3) is 0.957. The van der Waals surface area contributed by atoms with Crippen molar-refractivity contribution < 1.29 is 32.9 Å². The minimum Gasteiger partial charge on any atom is -0.450 e. The Balaban J connectivity index is 3.00. The Morgan fingerprint density at radius 1 is 1.09 bits per heavy atom. The van der Waals surface area contributed by atoms with E-state index in [0.717, 1.165) is 6.04 Å². The van der Waals surface area contributed by atoms with Crippen LogP contribution in [0.2, 0.25) is 45.3 Å². The third-order valence-corrected chi connectivity index (χ3v) is 8.74. The number of carbonyl (C=O) groups is 1. The van der Waals surface area contributed by atoms with Crippen molar-refractivity contribution in [1.82, 2.24) is 5.32 Å². The van der Waals surface area contributed by atoms with Gasteiger partial charge in [0.25, 0.3) is 0 Å². The maximum Gasteiger partial charge on any atom is 0.409 e. The molecule has 0 spiro atoms. The minimum absolute atomic E-state index is 0.0460. The third kappa shape index (κ3) is 10.8. The zero-order valence-corrected chi connectivity index (χ0v) is 24.8. The minimum atomic E-state index is -1.83. The second kappa shape index (κ2) is 13.0. The van der Waals surface area contributed by atoms with Gasteiger partial charge in [0.05, 0.1) is 31.5 Å². The van der Waals surface area contributed by atoms with Crippen LogP contribution < -0.4 is 5.32 Å². The molecule has 33 heavy (non-hydrogen) atoms. The van der Waals surface area contributed by atoms with Gasteiger partial charge in [-0.2, -0.15) is 0 Å². The first-order valence-electron chi connectivity index (χ1n) is 11.9. The van der Waals surface area contributed by atoms with Crippen LogP contribution in [0, 0.1) is 5.41 Å². The first-order chi connectivity index (χ1) is 15.1. The number of nitrogens with one attached hydrogen (secondary N) is 1. The normalized spacial score (nSPS) is 25.4. The molecule has 8 nitrogen and oxygen atoms in total. The summed E-state index contributed by atoms with van der Waals surface area (Å²) in [7, 11) is 1.81. The highest BCUT2D eigenvalue weighted by Crippen LogP contribution is 2.42. The Morgan fingerprint density at radius 2 is 1.73 bits per heavy atom. The molecule has 1 aliphatic rings. The molecule has 0 radical (unpaired) electrons. The fourth-order valence-corrected chi connectivity index (χ4v) is 5.88. The Labute approximate surface area is 203 Å². The van der Waals surface area contributed by atoms with Crippen molar-refractivity contribution in [3.8, 4) is 0 Å². The quantitative estimate of drug-likeness (QED) is 0.291. The van der Waals surface area contributed by atoms with E-state index in [1.165, 1.54) is 0 Å². The number of hydrogen-bond acceptors (Lipinski definition) is 7. The van der Waals surface area contributed by atoms with Crippen molar-refractivity contribution in [2.24, 2.45) is 5.41 Å². The summed E-state index contributed by atoms with van der Waals surface area (Å²) in [6.07, 6.45) is -0.554. The van der Waals surface area contributed by atoms with Crippen LogP contribution in [0.15, 0.2) is 0 Å². The predicted octanol–water partition coefficient (Wildman–Crippen LogP) is 4.48. The van der Waals surface area contributed by atoms with Gasteiger partial charge < -0.3 is 28.1 Å². The number of rotatable bonds is 13. The van der Waals surface area contributed by atoms with Crippen molar-refractivity contribution in [3.05, 3.63) is 0 Å². The molecule has 196 valence electrons. The summed E-state index contributed by atoms with van der Waals surface area (Å²) in [6, 6.07) is 0.915. The van der Waals surface area contributed by atoms with Crippen LogP contribution >= 0.6 is 0 Å². The second-order valence-electron chi connectivity index (χ2n) is 11.7. The van der Waals surface area contributed by atoms with Crippen LogP contribution in [0.3, 0.4) is 0 Å². The highest BCUT2D eigenvalue weighted by Gasteiger charge is 2.49. The summed E-state index contributed by atoms with van der Waals surface area (Å²) >= 11 is 0. The molecule has 10 heteroatoms. The monoisotopic (exact) mass is 507 g/mol. The van der Waals surface area contributed by atoms with E-state index >= 15 is 0 Å². The number of amides is 1. The topological polar surface area (TPSA) is 84.5 Å². The van der Waals surface area contributed by atoms with Crippen LogP contribution in [0.5, 0.6) is 0 Å². The first kappa shape index (κ1) is 30.5. The van der Waals surface area contributed by atoms with Crippen molar-refractivity contribution in [1.29, 1.82) is 0 Å². The van der Waals surface area contributed by atoms with Gasteiger partial charge in [-0.15, -0.1) is 0 Å². The highest BCUT2D eigenvalue weighted by atomic mass is 28.4. The van der Waals surface area contributed by atoms with E-state index < -0.39 is 28.7 Å². The van der Waals surface area contributed by atoms with Gasteiger partial charge in [-0.1, -0.05) is 33.5 Å². The van der Waals surface area contributed by atoms with Crippen molar-refractivity contribution in [3.63, 3.8) is 0 Å². The number of methoxy groups -OCH3 is 3. The van der Waals surface area contributed by atoms with Gasteiger partial charge in [-0.25, -0.2) is 4.79 Å². The molecule has 0 saturated carbocycles. The molecule has 1 rings (SSSR count). The molecule has 0 bridgehead atoms. The van der Waals surface area contributed by atoms with E-state index in [-0.39, 0.29) is 29.8 Å². The molecule has 0 aromatic carbocycles. The lowest BCUT2D eigenvalue weighted by molar-refractivity contribution is -0.211. The molecule has 5 atom stereocenters. The molecule has 1 saturated heterocycles. The van der Waals surface area contributed by atoms with Crippen LogP contribution in [-0.4, -0.2) is 87.7 Å². The summed E-state index contributed by atoms with van der Waals surface area (Å²) < 4.78 is 35.2. The van der Waals surface area contributed by atoms with Crippen LogP contribution in [0.1, 0.15) is 26.7 Å². The number of hydrogen-bond donors (Lipinski definition) is 1. The summed E-state index contributed by atoms with van der Waals surface area (Å²) in [5, 5.41) is 2.85. The Morgan fingerprint density at radius 3 is 2.21 bits per heavy atom. The average Bonchev–Trinajstić information content (AvgIpc) is 2.66. The molecular weight excluding hydrogens is 458 g/mol. The Bertz CT molecular complexity index is 592. The predicted molar refractivity (Wildman–Crippen MR) is 136 cm³/mol. The molecular formula is C23H49NO7Si2. The van der Waals surface area contributed by atoms with Crippen molar-refractivity contribution in [2.75, 3.05) is 34.5 Å². The average molecular weight is 508 g/mol. The second-order valence-corrected chi connectivity index (χ2v) is 21.8. The smallest absolute Gasteiger partial charge is 0.409 e. The fourth-order valence-electron chi connectivity index (χ4n) is 3.91. The van der Waals surface area contributed by atoms with E-state index in [1.54, 1.807) is 21.3 Å². The molecule has 1 N–H and O–H groups in total. The van der Waals surface area contributed by atoms with E-state index in [2.05, 4.69) is 58.4 Å². The lowest BCUT2D eigenvalue weighted by Gasteiger charge is -2.51. The Hall–Kier alpha value is -0.496.